The van der Waals surface area contributed by atoms with Crippen molar-refractivity contribution in [2.75, 3.05) is 38.2 Å². The number of guanidine groups is 1. The van der Waals surface area contributed by atoms with Gasteiger partial charge in [0.25, 0.3) is 0 Å². The van der Waals surface area contributed by atoms with Crippen LogP contribution in [-0.4, -0.2) is 44.2 Å². The van der Waals surface area contributed by atoms with E-state index in [1.807, 2.05) is 36.5 Å². The Labute approximate surface area is 174 Å². The minimum atomic E-state index is 0.676. The fraction of sp³-hybridized carbons (Fsp3) is 0.478. The third-order valence-corrected chi connectivity index (χ3v) is 5.05. The van der Waals surface area contributed by atoms with Crippen LogP contribution in [0.3, 0.4) is 0 Å². The third-order valence-electron chi connectivity index (χ3n) is 5.05. The number of aromatic nitrogens is 1. The van der Waals surface area contributed by atoms with E-state index in [1.165, 1.54) is 25.7 Å². The van der Waals surface area contributed by atoms with Crippen molar-refractivity contribution < 1.29 is 4.74 Å². The Morgan fingerprint density at radius 1 is 1.03 bits per heavy atom. The molecule has 0 atom stereocenters. The Bertz CT molecular complexity index is 725. The van der Waals surface area contributed by atoms with Crippen molar-refractivity contribution in [2.24, 2.45) is 4.99 Å². The number of ether oxygens (including phenoxy) is 1. The highest BCUT2D eigenvalue weighted by molar-refractivity contribution is 5.79. The van der Waals surface area contributed by atoms with Crippen LogP contribution >= 0.6 is 0 Å². The smallest absolute Gasteiger partial charge is 0.191 e. The number of rotatable bonds is 8. The summed E-state index contributed by atoms with van der Waals surface area (Å²) in [7, 11) is 1.79. The SMILES string of the molecule is CN=C(NCCCOc1ccccc1)NCc1ccc(N2CCCCCC2)nc1. The number of nitrogens with one attached hydrogen (secondary N) is 2. The maximum Gasteiger partial charge on any atom is 0.191 e. The fourth-order valence-electron chi connectivity index (χ4n) is 3.40. The first-order valence-corrected chi connectivity index (χ1v) is 10.7. The summed E-state index contributed by atoms with van der Waals surface area (Å²) in [5.41, 5.74) is 1.15. The number of aliphatic imine (C=N–C) groups is 1. The maximum absolute atomic E-state index is 5.71. The van der Waals surface area contributed by atoms with Crippen molar-refractivity contribution in [3.63, 3.8) is 0 Å². The van der Waals surface area contributed by atoms with Gasteiger partial charge in [0.2, 0.25) is 0 Å². The number of hydrogen-bond donors (Lipinski definition) is 2. The third kappa shape index (κ3) is 7.29. The Hall–Kier alpha value is -2.76. The molecule has 1 aromatic heterocycles. The Morgan fingerprint density at radius 3 is 2.52 bits per heavy atom. The summed E-state index contributed by atoms with van der Waals surface area (Å²) in [6.07, 6.45) is 8.08. The van der Waals surface area contributed by atoms with Crippen molar-refractivity contribution in [3.8, 4) is 5.75 Å². The molecule has 0 spiro atoms. The second-order valence-corrected chi connectivity index (χ2v) is 7.29. The van der Waals surface area contributed by atoms with Crippen LogP contribution in [0.5, 0.6) is 5.75 Å². The van der Waals surface area contributed by atoms with E-state index in [9.17, 15) is 0 Å². The molecule has 1 aromatic carbocycles. The molecule has 0 unspecified atom stereocenters. The molecule has 29 heavy (non-hydrogen) atoms. The molecule has 156 valence electrons. The van der Waals surface area contributed by atoms with Gasteiger partial charge in [-0.2, -0.15) is 0 Å². The van der Waals surface area contributed by atoms with Gasteiger partial charge in [-0.3, -0.25) is 4.99 Å². The lowest BCUT2D eigenvalue weighted by Crippen LogP contribution is -2.37. The average molecular weight is 396 g/mol. The Morgan fingerprint density at radius 2 is 1.83 bits per heavy atom. The summed E-state index contributed by atoms with van der Waals surface area (Å²) in [6, 6.07) is 14.2. The van der Waals surface area contributed by atoms with Crippen molar-refractivity contribution in [1.29, 1.82) is 0 Å². The molecular formula is C23H33N5O. The lowest BCUT2D eigenvalue weighted by molar-refractivity contribution is 0.311. The zero-order valence-corrected chi connectivity index (χ0v) is 17.4. The van der Waals surface area contributed by atoms with Crippen LogP contribution in [0.1, 0.15) is 37.7 Å². The zero-order chi connectivity index (χ0) is 20.2. The lowest BCUT2D eigenvalue weighted by atomic mass is 10.2. The van der Waals surface area contributed by atoms with Gasteiger partial charge in [0.15, 0.2) is 5.96 Å². The van der Waals surface area contributed by atoms with Crippen LogP contribution in [-0.2, 0) is 6.54 Å². The standard InChI is InChI=1S/C23H33N5O/c1-24-23(25-14-9-17-29-21-10-5-4-6-11-21)27-19-20-12-13-22(26-18-20)28-15-7-2-3-8-16-28/h4-6,10-13,18H,2-3,7-9,14-17,19H2,1H3,(H2,24,25,27). The first kappa shape index (κ1) is 21.0. The molecule has 2 N–H and O–H groups in total. The number of hydrogen-bond acceptors (Lipinski definition) is 4. The summed E-state index contributed by atoms with van der Waals surface area (Å²) in [5.74, 6) is 2.80. The quantitative estimate of drug-likeness (QED) is 0.406. The van der Waals surface area contributed by atoms with Crippen LogP contribution in [0.15, 0.2) is 53.7 Å². The molecule has 0 radical (unpaired) electrons. The Balaban J connectivity index is 1.35. The van der Waals surface area contributed by atoms with Gasteiger partial charge < -0.3 is 20.3 Å². The molecule has 0 saturated carbocycles. The van der Waals surface area contributed by atoms with E-state index < -0.39 is 0 Å². The molecular weight excluding hydrogens is 362 g/mol. The van der Waals surface area contributed by atoms with Crippen LogP contribution in [0, 0.1) is 0 Å². The number of nitrogens with zero attached hydrogens (tertiary/aromatic N) is 3. The summed E-state index contributed by atoms with van der Waals surface area (Å²) < 4.78 is 5.71. The average Bonchev–Trinajstić information content (AvgIpc) is 3.06. The van der Waals surface area contributed by atoms with Crippen LogP contribution in [0.2, 0.25) is 0 Å². The summed E-state index contributed by atoms with van der Waals surface area (Å²) in [6.45, 7) is 4.42. The number of anilines is 1. The van der Waals surface area contributed by atoms with Crippen molar-refractivity contribution in [2.45, 2.75) is 38.6 Å². The summed E-state index contributed by atoms with van der Waals surface area (Å²) in [5, 5.41) is 6.67. The molecule has 3 rings (SSSR count). The maximum atomic E-state index is 5.71. The molecule has 0 amide bonds. The second kappa shape index (κ2) is 11.9. The highest BCUT2D eigenvalue weighted by Crippen LogP contribution is 2.17. The minimum absolute atomic E-state index is 0.676. The van der Waals surface area contributed by atoms with Gasteiger partial charge in [-0.05, 0) is 43.0 Å². The largest absolute Gasteiger partial charge is 0.494 e. The number of para-hydroxylation sites is 1. The molecule has 2 aromatic rings. The lowest BCUT2D eigenvalue weighted by Gasteiger charge is -2.21. The Kier molecular flexibility index (Phi) is 8.63. The second-order valence-electron chi connectivity index (χ2n) is 7.29. The molecule has 2 heterocycles. The van der Waals surface area contributed by atoms with Gasteiger partial charge in [-0.15, -0.1) is 0 Å². The van der Waals surface area contributed by atoms with Gasteiger partial charge in [0.1, 0.15) is 11.6 Å². The van der Waals surface area contributed by atoms with Gasteiger partial charge >= 0.3 is 0 Å². The first-order valence-electron chi connectivity index (χ1n) is 10.7. The number of benzene rings is 1. The molecule has 6 heteroatoms. The van der Waals surface area contributed by atoms with E-state index in [1.54, 1.807) is 7.05 Å². The van der Waals surface area contributed by atoms with Gasteiger partial charge in [-0.25, -0.2) is 4.98 Å². The predicted molar refractivity (Wildman–Crippen MR) is 120 cm³/mol. The molecule has 6 nitrogen and oxygen atoms in total. The molecule has 0 aliphatic carbocycles. The van der Waals surface area contributed by atoms with Gasteiger partial charge in [0, 0.05) is 39.4 Å². The fourth-order valence-corrected chi connectivity index (χ4v) is 3.40. The summed E-state index contributed by atoms with van der Waals surface area (Å²) in [4.78, 5) is 11.4. The number of pyridine rings is 1. The van der Waals surface area contributed by atoms with Crippen LogP contribution in [0.4, 0.5) is 5.82 Å². The van der Waals surface area contributed by atoms with E-state index in [0.717, 1.165) is 49.1 Å². The molecule has 1 saturated heterocycles. The van der Waals surface area contributed by atoms with Crippen molar-refractivity contribution >= 4 is 11.8 Å². The minimum Gasteiger partial charge on any atom is -0.494 e. The highest BCUT2D eigenvalue weighted by atomic mass is 16.5. The van der Waals surface area contributed by atoms with Crippen molar-refractivity contribution in [3.05, 3.63) is 54.2 Å². The van der Waals surface area contributed by atoms with Gasteiger partial charge in [-0.1, -0.05) is 37.1 Å². The predicted octanol–water partition coefficient (Wildman–Crippen LogP) is 3.60. The van der Waals surface area contributed by atoms with Gasteiger partial charge in [0.05, 0.1) is 6.61 Å². The van der Waals surface area contributed by atoms with E-state index in [2.05, 4.69) is 37.6 Å². The van der Waals surface area contributed by atoms with Crippen LogP contribution in [0.25, 0.3) is 0 Å². The topological polar surface area (TPSA) is 61.8 Å². The highest BCUT2D eigenvalue weighted by Gasteiger charge is 2.10. The zero-order valence-electron chi connectivity index (χ0n) is 17.4. The van der Waals surface area contributed by atoms with E-state index in [-0.39, 0.29) is 0 Å². The first-order chi connectivity index (χ1) is 14.3. The van der Waals surface area contributed by atoms with E-state index in [4.69, 9.17) is 4.74 Å². The van der Waals surface area contributed by atoms with Crippen LogP contribution < -0.4 is 20.3 Å². The van der Waals surface area contributed by atoms with E-state index in [0.29, 0.717) is 13.2 Å². The molecule has 0 bridgehead atoms. The molecule has 1 aliphatic rings. The van der Waals surface area contributed by atoms with Crippen molar-refractivity contribution in [1.82, 2.24) is 15.6 Å². The molecule has 1 aliphatic heterocycles. The monoisotopic (exact) mass is 395 g/mol. The van der Waals surface area contributed by atoms with E-state index >= 15 is 0 Å². The molecule has 1 fully saturated rings. The summed E-state index contributed by atoms with van der Waals surface area (Å²) >= 11 is 0. The normalized spacial score (nSPS) is 14.9.